The Morgan fingerprint density at radius 2 is 1.81 bits per heavy atom. The quantitative estimate of drug-likeness (QED) is 0.777. The zero-order chi connectivity index (χ0) is 18.8. The molecule has 138 valence electrons. The summed E-state index contributed by atoms with van der Waals surface area (Å²) in [4.78, 5) is 14.9. The Balaban J connectivity index is 1.45. The first-order valence-corrected chi connectivity index (χ1v) is 9.04. The maximum Gasteiger partial charge on any atom is 0.166 e. The molecule has 0 radical (unpaired) electrons. The highest BCUT2D eigenvalue weighted by Crippen LogP contribution is 2.33. The number of hydrogen-bond acceptors (Lipinski definition) is 5. The van der Waals surface area contributed by atoms with Crippen LogP contribution >= 0.6 is 0 Å². The van der Waals surface area contributed by atoms with Crippen molar-refractivity contribution in [1.29, 1.82) is 5.26 Å². The topological polar surface area (TPSA) is 62.6 Å². The molecule has 2 aromatic carbocycles. The van der Waals surface area contributed by atoms with Crippen molar-refractivity contribution in [3.05, 3.63) is 53.3 Å². The van der Waals surface area contributed by atoms with Gasteiger partial charge in [0.25, 0.3) is 0 Å². The summed E-state index contributed by atoms with van der Waals surface area (Å²) in [6, 6.07) is 11.6. The number of nitrogens with zero attached hydrogens (tertiary/aromatic N) is 2. The number of nitriles is 1. The minimum atomic E-state index is -0.418. The molecule has 0 spiro atoms. The molecule has 2 aliphatic heterocycles. The normalized spacial score (nSPS) is 16.7. The Morgan fingerprint density at radius 1 is 1.07 bits per heavy atom. The number of ketones is 1. The summed E-state index contributed by atoms with van der Waals surface area (Å²) in [5.41, 5.74) is 1.69. The molecular weight excluding hydrogens is 347 g/mol. The van der Waals surface area contributed by atoms with E-state index in [9.17, 15) is 14.4 Å². The lowest BCUT2D eigenvalue weighted by atomic mass is 9.88. The lowest BCUT2D eigenvalue weighted by molar-refractivity contribution is 0.0899. The maximum atomic E-state index is 13.3. The van der Waals surface area contributed by atoms with Crippen LogP contribution < -0.4 is 14.4 Å². The molecule has 0 unspecified atom stereocenters. The van der Waals surface area contributed by atoms with E-state index in [0.29, 0.717) is 61.8 Å². The highest BCUT2D eigenvalue weighted by molar-refractivity contribution is 5.98. The first-order valence-electron chi connectivity index (χ1n) is 9.04. The van der Waals surface area contributed by atoms with Gasteiger partial charge >= 0.3 is 0 Å². The Labute approximate surface area is 156 Å². The molecule has 0 N–H and O–H groups in total. The highest BCUT2D eigenvalue weighted by atomic mass is 19.1. The van der Waals surface area contributed by atoms with Crippen molar-refractivity contribution in [1.82, 2.24) is 0 Å². The largest absolute Gasteiger partial charge is 0.486 e. The molecule has 0 saturated carbocycles. The van der Waals surface area contributed by atoms with Gasteiger partial charge in [-0.3, -0.25) is 4.79 Å². The standard InChI is InChI=1S/C21H19FN2O3/c22-17-2-3-18(16(11-17)13-23)24-7-5-14(6-8-24)21(25)15-1-4-19-20(12-15)27-10-9-26-19/h1-4,11-12,14H,5-10H2. The number of hydrogen-bond donors (Lipinski definition) is 0. The number of anilines is 1. The van der Waals surface area contributed by atoms with Gasteiger partial charge in [0.05, 0.1) is 11.3 Å². The number of Topliss-reactive ketones (excluding diaryl/α,β-unsaturated/α-hetero) is 1. The number of rotatable bonds is 3. The van der Waals surface area contributed by atoms with Gasteiger partial charge < -0.3 is 14.4 Å². The van der Waals surface area contributed by atoms with Crippen molar-refractivity contribution in [3.8, 4) is 17.6 Å². The zero-order valence-corrected chi connectivity index (χ0v) is 14.8. The molecule has 0 aliphatic carbocycles. The third-order valence-corrected chi connectivity index (χ3v) is 5.11. The second-order valence-corrected chi connectivity index (χ2v) is 6.76. The lowest BCUT2D eigenvalue weighted by Gasteiger charge is -2.33. The van der Waals surface area contributed by atoms with Crippen LogP contribution in [0.1, 0.15) is 28.8 Å². The third kappa shape index (κ3) is 3.45. The fraction of sp³-hybridized carbons (Fsp3) is 0.333. The van der Waals surface area contributed by atoms with Crippen molar-refractivity contribution < 1.29 is 18.7 Å². The van der Waals surface area contributed by atoms with Gasteiger partial charge in [0.15, 0.2) is 17.3 Å². The molecule has 1 saturated heterocycles. The van der Waals surface area contributed by atoms with Crippen LogP contribution in [0.25, 0.3) is 0 Å². The zero-order valence-electron chi connectivity index (χ0n) is 14.8. The summed E-state index contributed by atoms with van der Waals surface area (Å²) in [5.74, 6) is 0.905. The predicted molar refractivity (Wildman–Crippen MR) is 97.8 cm³/mol. The Bertz CT molecular complexity index is 914. The van der Waals surface area contributed by atoms with Crippen molar-refractivity contribution in [2.75, 3.05) is 31.2 Å². The number of halogens is 1. The van der Waals surface area contributed by atoms with Gasteiger partial charge in [0.2, 0.25) is 0 Å². The van der Waals surface area contributed by atoms with Crippen LogP contribution in [-0.4, -0.2) is 32.1 Å². The predicted octanol–water partition coefficient (Wildman–Crippen LogP) is 3.57. The molecule has 27 heavy (non-hydrogen) atoms. The minimum absolute atomic E-state index is 0.0743. The first-order chi connectivity index (χ1) is 13.2. The molecule has 0 aromatic heterocycles. The number of carbonyl (C=O) groups excluding carboxylic acids is 1. The summed E-state index contributed by atoms with van der Waals surface area (Å²) in [7, 11) is 0. The Kier molecular flexibility index (Phi) is 4.68. The molecule has 2 heterocycles. The second kappa shape index (κ2) is 7.28. The molecule has 6 heteroatoms. The summed E-state index contributed by atoms with van der Waals surface area (Å²) in [6.07, 6.45) is 1.38. The summed E-state index contributed by atoms with van der Waals surface area (Å²) < 4.78 is 24.4. The number of piperidine rings is 1. The number of benzene rings is 2. The van der Waals surface area contributed by atoms with Crippen LogP contribution in [-0.2, 0) is 0 Å². The fourth-order valence-corrected chi connectivity index (χ4v) is 3.69. The molecule has 2 aromatic rings. The fourth-order valence-electron chi connectivity index (χ4n) is 3.69. The monoisotopic (exact) mass is 366 g/mol. The molecule has 0 amide bonds. The van der Waals surface area contributed by atoms with Crippen molar-refractivity contribution in [3.63, 3.8) is 0 Å². The van der Waals surface area contributed by atoms with Crippen LogP contribution in [0.5, 0.6) is 11.5 Å². The van der Waals surface area contributed by atoms with Gasteiger partial charge in [-0.1, -0.05) is 0 Å². The Hall–Kier alpha value is -3.07. The number of carbonyl (C=O) groups is 1. The summed E-state index contributed by atoms with van der Waals surface area (Å²) in [6.45, 7) is 2.32. The maximum absolute atomic E-state index is 13.3. The first kappa shape index (κ1) is 17.3. The SMILES string of the molecule is N#Cc1cc(F)ccc1N1CCC(C(=O)c2ccc3c(c2)OCCO3)CC1. The van der Waals surface area contributed by atoms with Gasteiger partial charge in [-0.05, 0) is 49.2 Å². The summed E-state index contributed by atoms with van der Waals surface area (Å²) >= 11 is 0. The van der Waals surface area contributed by atoms with Gasteiger partial charge in [0.1, 0.15) is 25.1 Å². The number of ether oxygens (including phenoxy) is 2. The second-order valence-electron chi connectivity index (χ2n) is 6.76. The molecule has 2 aliphatic rings. The van der Waals surface area contributed by atoms with E-state index < -0.39 is 5.82 Å². The molecule has 0 bridgehead atoms. The molecule has 1 fully saturated rings. The van der Waals surface area contributed by atoms with Gasteiger partial charge in [-0.15, -0.1) is 0 Å². The molecular formula is C21H19FN2O3. The smallest absolute Gasteiger partial charge is 0.166 e. The van der Waals surface area contributed by atoms with E-state index >= 15 is 0 Å². The third-order valence-electron chi connectivity index (χ3n) is 5.11. The van der Waals surface area contributed by atoms with Gasteiger partial charge in [-0.2, -0.15) is 5.26 Å². The van der Waals surface area contributed by atoms with E-state index in [1.165, 1.54) is 12.1 Å². The van der Waals surface area contributed by atoms with Crippen LogP contribution in [0.3, 0.4) is 0 Å². The highest BCUT2D eigenvalue weighted by Gasteiger charge is 2.28. The van der Waals surface area contributed by atoms with E-state index in [1.807, 2.05) is 11.0 Å². The van der Waals surface area contributed by atoms with E-state index in [2.05, 4.69) is 0 Å². The van der Waals surface area contributed by atoms with Crippen molar-refractivity contribution in [2.45, 2.75) is 12.8 Å². The van der Waals surface area contributed by atoms with E-state index in [-0.39, 0.29) is 11.7 Å². The van der Waals surface area contributed by atoms with Crippen LogP contribution in [0.15, 0.2) is 36.4 Å². The molecule has 4 rings (SSSR count). The average Bonchev–Trinajstić information content (AvgIpc) is 2.73. The number of fused-ring (bicyclic) bond motifs is 1. The van der Waals surface area contributed by atoms with Crippen LogP contribution in [0.2, 0.25) is 0 Å². The van der Waals surface area contributed by atoms with Crippen LogP contribution in [0, 0.1) is 23.1 Å². The van der Waals surface area contributed by atoms with Crippen molar-refractivity contribution >= 4 is 11.5 Å². The van der Waals surface area contributed by atoms with E-state index in [4.69, 9.17) is 9.47 Å². The minimum Gasteiger partial charge on any atom is -0.486 e. The lowest BCUT2D eigenvalue weighted by Crippen LogP contribution is -2.36. The average molecular weight is 366 g/mol. The molecule has 0 atom stereocenters. The van der Waals surface area contributed by atoms with E-state index in [0.717, 1.165) is 5.69 Å². The van der Waals surface area contributed by atoms with Crippen molar-refractivity contribution in [2.24, 2.45) is 5.92 Å². The molecule has 5 nitrogen and oxygen atoms in total. The van der Waals surface area contributed by atoms with Crippen LogP contribution in [0.4, 0.5) is 10.1 Å². The Morgan fingerprint density at radius 3 is 2.56 bits per heavy atom. The van der Waals surface area contributed by atoms with Gasteiger partial charge in [0, 0.05) is 24.6 Å². The van der Waals surface area contributed by atoms with Gasteiger partial charge in [-0.25, -0.2) is 4.39 Å². The van der Waals surface area contributed by atoms with E-state index in [1.54, 1.807) is 24.3 Å². The summed E-state index contributed by atoms with van der Waals surface area (Å²) in [5, 5.41) is 9.24.